The molecule has 1 aromatic heterocycles. The number of rotatable bonds is 14. The van der Waals surface area contributed by atoms with Crippen molar-refractivity contribution in [2.75, 3.05) is 68.5 Å². The molecule has 1 saturated carbocycles. The number of fused-ring (bicyclic) bond motifs is 1. The zero-order valence-corrected chi connectivity index (χ0v) is 37.4. The van der Waals surface area contributed by atoms with Crippen LogP contribution < -0.4 is 36.8 Å². The molecule has 6 amide bonds. The Hall–Kier alpha value is -7.54. The zero-order chi connectivity index (χ0) is 46.7. The molecule has 0 spiro atoms. The van der Waals surface area contributed by atoms with E-state index in [0.29, 0.717) is 81.6 Å². The van der Waals surface area contributed by atoms with Gasteiger partial charge in [0, 0.05) is 93.7 Å². The number of carbonyl (C=O) groups excluding carboxylic acids is 5. The predicted octanol–water partition coefficient (Wildman–Crippen LogP) is 4.15. The third kappa shape index (κ3) is 11.5. The van der Waals surface area contributed by atoms with Crippen LogP contribution in [0.3, 0.4) is 0 Å². The fourth-order valence-corrected chi connectivity index (χ4v) is 8.81. The molecule has 1 unspecified atom stereocenters. The highest BCUT2D eigenvalue weighted by Crippen LogP contribution is 2.29. The minimum absolute atomic E-state index is 0.0109. The van der Waals surface area contributed by atoms with Crippen molar-refractivity contribution in [3.63, 3.8) is 0 Å². The number of hydrogen-bond donors (Lipinski definition) is 6. The third-order valence-electron chi connectivity index (χ3n) is 12.5. The number of amides is 6. The maximum atomic E-state index is 13.2. The van der Waals surface area contributed by atoms with Crippen molar-refractivity contribution in [2.45, 2.75) is 69.6 Å². The van der Waals surface area contributed by atoms with Crippen LogP contribution in [0.5, 0.6) is 0 Å². The number of imide groups is 1. The molecule has 1 aliphatic carbocycles. The minimum Gasteiger partial charge on any atom is -0.379 e. The summed E-state index contributed by atoms with van der Waals surface area (Å²) in [6.07, 6.45) is 6.36. The molecular formula is C49H54N12O6. The Morgan fingerprint density at radius 3 is 2.45 bits per heavy atom. The van der Waals surface area contributed by atoms with Crippen LogP contribution in [-0.2, 0) is 20.9 Å². The van der Waals surface area contributed by atoms with E-state index in [0.717, 1.165) is 54.7 Å². The summed E-state index contributed by atoms with van der Waals surface area (Å²) in [7, 11) is 1.56. The molecule has 67 heavy (non-hydrogen) atoms. The molecule has 3 aromatic carbocycles. The van der Waals surface area contributed by atoms with Gasteiger partial charge in [-0.3, -0.25) is 24.5 Å². The summed E-state index contributed by atoms with van der Waals surface area (Å²) in [6.45, 7) is 4.81. The van der Waals surface area contributed by atoms with E-state index in [2.05, 4.69) is 64.7 Å². The second-order valence-electron chi connectivity index (χ2n) is 16.9. The summed E-state index contributed by atoms with van der Waals surface area (Å²) < 4.78 is 5.82. The van der Waals surface area contributed by atoms with Gasteiger partial charge in [-0.25, -0.2) is 9.78 Å². The van der Waals surface area contributed by atoms with Crippen LogP contribution in [0.25, 0.3) is 0 Å². The Kier molecular flexibility index (Phi) is 14.9. The SMILES string of the molecule is CNC(=O)c1ccccc1Nc1nc(Nc2ccc(N3CCN(C(=O)NC4CCC(NCCOCCC#Cc5ccc6c(c5)CN(C5CCC(=O)NC5=O)C6=O)CC4)CC3)cc2)ncc1C#N. The van der Waals surface area contributed by atoms with E-state index in [-0.39, 0.29) is 53.5 Å². The van der Waals surface area contributed by atoms with Crippen molar-refractivity contribution in [1.29, 1.82) is 5.26 Å². The first-order chi connectivity index (χ1) is 32.6. The van der Waals surface area contributed by atoms with Crippen LogP contribution in [0.4, 0.5) is 33.6 Å². The number of nitrogens with zero attached hydrogens (tertiary/aromatic N) is 6. The Bertz CT molecular complexity index is 2590. The van der Waals surface area contributed by atoms with Gasteiger partial charge in [0.25, 0.3) is 11.8 Å². The van der Waals surface area contributed by atoms with Crippen molar-refractivity contribution >= 4 is 58.5 Å². The number of benzene rings is 3. The number of nitriles is 1. The molecule has 3 fully saturated rings. The van der Waals surface area contributed by atoms with E-state index in [1.54, 1.807) is 37.4 Å². The smallest absolute Gasteiger partial charge is 0.317 e. The third-order valence-corrected chi connectivity index (χ3v) is 12.5. The van der Waals surface area contributed by atoms with Crippen molar-refractivity contribution in [2.24, 2.45) is 0 Å². The van der Waals surface area contributed by atoms with Crippen LogP contribution in [0.2, 0.25) is 0 Å². The first kappa shape index (κ1) is 46.0. The van der Waals surface area contributed by atoms with Gasteiger partial charge in [-0.15, -0.1) is 0 Å². The van der Waals surface area contributed by atoms with Gasteiger partial charge in [-0.1, -0.05) is 24.0 Å². The molecular weight excluding hydrogens is 853 g/mol. The lowest BCUT2D eigenvalue weighted by atomic mass is 9.91. The highest BCUT2D eigenvalue weighted by atomic mass is 16.5. The number of nitrogens with one attached hydrogen (secondary N) is 6. The molecule has 0 bridgehead atoms. The monoisotopic (exact) mass is 906 g/mol. The standard InChI is InChI=1S/C49H54N12O6/c1-51-45(63)40-7-2-3-8-41(40)56-44-34(29-50)30-53-48(58-44)54-36-14-16-38(17-15-36)59-22-24-60(25-23-59)49(66)55-37-12-10-35(11-13-37)52-21-27-67-26-5-4-6-32-9-18-39-33(28-32)31-61(47(39)65)42-19-20-43(62)57-46(42)64/h2-3,7-9,14-18,28,30,35,37,42,52H,5,10-13,19-27,31H2,1H3,(H,51,63)(H,55,66)(H,57,62,64)(H2,53,54,56,58). The summed E-state index contributed by atoms with van der Waals surface area (Å²) in [5.41, 5.74) is 5.17. The lowest BCUT2D eigenvalue weighted by Crippen LogP contribution is -2.54. The van der Waals surface area contributed by atoms with Crippen molar-refractivity contribution in [1.82, 2.24) is 41.0 Å². The number of ether oxygens (including phenoxy) is 1. The van der Waals surface area contributed by atoms with Gasteiger partial charge in [0.05, 0.1) is 30.7 Å². The van der Waals surface area contributed by atoms with Crippen LogP contribution in [-0.4, -0.2) is 121 Å². The highest BCUT2D eigenvalue weighted by Gasteiger charge is 2.39. The number of carbonyl (C=O) groups is 5. The normalized spacial score (nSPS) is 19.1. The Labute approximate surface area is 389 Å². The maximum absolute atomic E-state index is 13.2. The first-order valence-electron chi connectivity index (χ1n) is 22.8. The summed E-state index contributed by atoms with van der Waals surface area (Å²) in [5.74, 6) is 5.68. The van der Waals surface area contributed by atoms with Crippen LogP contribution in [0.1, 0.15) is 82.4 Å². The average molecular weight is 907 g/mol. The molecule has 346 valence electrons. The summed E-state index contributed by atoms with van der Waals surface area (Å²) in [6, 6.07) is 22.3. The Morgan fingerprint density at radius 2 is 1.69 bits per heavy atom. The highest BCUT2D eigenvalue weighted by molar-refractivity contribution is 6.05. The molecule has 18 heteroatoms. The first-order valence-corrected chi connectivity index (χ1v) is 22.8. The molecule has 3 aliphatic heterocycles. The molecule has 1 atom stereocenters. The summed E-state index contributed by atoms with van der Waals surface area (Å²) >= 11 is 0. The van der Waals surface area contributed by atoms with Gasteiger partial charge < -0.3 is 46.0 Å². The lowest BCUT2D eigenvalue weighted by Gasteiger charge is -2.37. The fraction of sp³-hybridized carbons (Fsp3) is 0.388. The summed E-state index contributed by atoms with van der Waals surface area (Å²) in [4.78, 5) is 76.9. The van der Waals surface area contributed by atoms with Crippen molar-refractivity contribution in [3.8, 4) is 17.9 Å². The minimum atomic E-state index is -0.637. The van der Waals surface area contributed by atoms with E-state index in [1.807, 2.05) is 41.3 Å². The van der Waals surface area contributed by atoms with E-state index in [4.69, 9.17) is 4.74 Å². The van der Waals surface area contributed by atoms with Gasteiger partial charge in [-0.05, 0) is 92.3 Å². The van der Waals surface area contributed by atoms with E-state index >= 15 is 0 Å². The number of urea groups is 1. The second-order valence-corrected chi connectivity index (χ2v) is 16.9. The lowest BCUT2D eigenvalue weighted by molar-refractivity contribution is -0.136. The van der Waals surface area contributed by atoms with Gasteiger partial charge in [0.15, 0.2) is 5.82 Å². The quantitative estimate of drug-likeness (QED) is 0.0595. The molecule has 2 saturated heterocycles. The number of anilines is 5. The van der Waals surface area contributed by atoms with Crippen molar-refractivity contribution < 1.29 is 28.7 Å². The van der Waals surface area contributed by atoms with E-state index < -0.39 is 11.9 Å². The number of piperidine rings is 1. The van der Waals surface area contributed by atoms with Crippen molar-refractivity contribution in [3.05, 3.63) is 101 Å². The summed E-state index contributed by atoms with van der Waals surface area (Å²) in [5, 5.41) is 27.8. The number of hydrogen-bond acceptors (Lipinski definition) is 13. The van der Waals surface area contributed by atoms with Gasteiger partial charge in [0.2, 0.25) is 17.8 Å². The molecule has 6 N–H and O–H groups in total. The average Bonchev–Trinajstić information content (AvgIpc) is 3.67. The molecule has 8 rings (SSSR count). The molecule has 4 aliphatic rings. The topological polar surface area (TPSA) is 226 Å². The number of piperazine rings is 1. The fourth-order valence-electron chi connectivity index (χ4n) is 8.81. The van der Waals surface area contributed by atoms with Crippen LogP contribution in [0, 0.1) is 23.2 Å². The predicted molar refractivity (Wildman–Crippen MR) is 251 cm³/mol. The van der Waals surface area contributed by atoms with Gasteiger partial charge in [0.1, 0.15) is 17.7 Å². The Balaban J connectivity index is 0.693. The van der Waals surface area contributed by atoms with Gasteiger partial charge in [-0.2, -0.15) is 10.2 Å². The zero-order valence-electron chi connectivity index (χ0n) is 37.4. The molecule has 4 aromatic rings. The second kappa shape index (κ2) is 21.6. The Morgan fingerprint density at radius 1 is 0.910 bits per heavy atom. The van der Waals surface area contributed by atoms with E-state index in [9.17, 15) is 29.2 Å². The van der Waals surface area contributed by atoms with Crippen LogP contribution >= 0.6 is 0 Å². The van der Waals surface area contributed by atoms with E-state index in [1.165, 1.54) is 11.1 Å². The molecule has 4 heterocycles. The molecule has 18 nitrogen and oxygen atoms in total. The van der Waals surface area contributed by atoms with Crippen LogP contribution in [0.15, 0.2) is 72.9 Å². The number of aromatic nitrogens is 2. The molecule has 0 radical (unpaired) electrons. The van der Waals surface area contributed by atoms with Gasteiger partial charge >= 0.3 is 6.03 Å². The number of para-hydroxylation sites is 1. The maximum Gasteiger partial charge on any atom is 0.317 e. The largest absolute Gasteiger partial charge is 0.379 e.